The lowest BCUT2D eigenvalue weighted by Crippen LogP contribution is -2.40. The molecule has 140 valence electrons. The van der Waals surface area contributed by atoms with E-state index in [1.54, 1.807) is 12.1 Å². The third kappa shape index (κ3) is 3.96. The van der Waals surface area contributed by atoms with Crippen molar-refractivity contribution >= 4 is 5.78 Å². The second kappa shape index (κ2) is 7.58. The Morgan fingerprint density at radius 1 is 1.35 bits per heavy atom. The van der Waals surface area contributed by atoms with E-state index >= 15 is 0 Å². The van der Waals surface area contributed by atoms with E-state index in [0.29, 0.717) is 24.5 Å². The number of hydrogen-bond donors (Lipinski definition) is 0. The number of benzene rings is 1. The molecule has 3 rings (SSSR count). The van der Waals surface area contributed by atoms with Crippen molar-refractivity contribution < 1.29 is 27.8 Å². The summed E-state index contributed by atoms with van der Waals surface area (Å²) in [6.45, 7) is -2.53. The summed E-state index contributed by atoms with van der Waals surface area (Å²) in [5.41, 5.74) is -0.294. The molecule has 1 aromatic carbocycles. The number of carbonyl (C=O) groups excluding carboxylic acids is 1. The number of ketones is 1. The van der Waals surface area contributed by atoms with Crippen molar-refractivity contribution in [3.8, 4) is 17.6 Å². The van der Waals surface area contributed by atoms with Crippen LogP contribution in [0, 0.1) is 17.2 Å². The number of hydrogen-bond acceptors (Lipinski definition) is 5. The van der Waals surface area contributed by atoms with E-state index in [-0.39, 0.29) is 30.1 Å². The van der Waals surface area contributed by atoms with Crippen molar-refractivity contribution in [2.24, 2.45) is 5.92 Å². The Morgan fingerprint density at radius 2 is 2.12 bits per heavy atom. The van der Waals surface area contributed by atoms with Gasteiger partial charge in [0.15, 0.2) is 17.3 Å². The first-order valence-electron chi connectivity index (χ1n) is 8.66. The number of alkyl halides is 2. The first kappa shape index (κ1) is 18.6. The van der Waals surface area contributed by atoms with Crippen LogP contribution in [0.1, 0.15) is 37.7 Å². The van der Waals surface area contributed by atoms with E-state index in [4.69, 9.17) is 9.47 Å². The monoisotopic (exact) mass is 365 g/mol. The molecule has 0 spiro atoms. The average Bonchev–Trinajstić information content (AvgIpc) is 3.45. The van der Waals surface area contributed by atoms with Crippen LogP contribution < -0.4 is 9.47 Å². The van der Waals surface area contributed by atoms with Gasteiger partial charge in [-0.05, 0) is 42.9 Å². The molecule has 0 aromatic heterocycles. The zero-order valence-electron chi connectivity index (χ0n) is 14.5. The normalized spacial score (nSPS) is 25.8. The highest BCUT2D eigenvalue weighted by molar-refractivity contribution is 5.84. The van der Waals surface area contributed by atoms with Gasteiger partial charge in [0.05, 0.1) is 18.1 Å². The molecular formula is C19H21F2NO4. The molecule has 26 heavy (non-hydrogen) atoms. The number of nitrogens with zero attached hydrogens (tertiary/aromatic N) is 1. The number of nitriles is 1. The summed E-state index contributed by atoms with van der Waals surface area (Å²) in [6, 6.07) is 6.89. The maximum absolute atomic E-state index is 12.7. The summed E-state index contributed by atoms with van der Waals surface area (Å²) < 4.78 is 40.8. The molecule has 0 radical (unpaired) electrons. The first-order valence-corrected chi connectivity index (χ1v) is 8.66. The summed E-state index contributed by atoms with van der Waals surface area (Å²) in [5, 5.41) is 9.82. The van der Waals surface area contributed by atoms with Crippen LogP contribution in [-0.4, -0.2) is 32.2 Å². The Morgan fingerprint density at radius 3 is 2.73 bits per heavy atom. The van der Waals surface area contributed by atoms with Gasteiger partial charge >= 0.3 is 6.61 Å². The van der Waals surface area contributed by atoms with Gasteiger partial charge < -0.3 is 14.2 Å². The van der Waals surface area contributed by atoms with Crippen molar-refractivity contribution in [2.75, 3.05) is 13.7 Å². The number of methoxy groups -OCH3 is 1. The molecule has 5 nitrogen and oxygen atoms in total. The highest BCUT2D eigenvalue weighted by Crippen LogP contribution is 2.42. The molecule has 7 heteroatoms. The highest BCUT2D eigenvalue weighted by atomic mass is 19.3. The molecule has 2 saturated carbocycles. The third-order valence-electron chi connectivity index (χ3n) is 5.07. The summed E-state index contributed by atoms with van der Waals surface area (Å²) in [4.78, 5) is 11.9. The lowest BCUT2D eigenvalue weighted by molar-refractivity contribution is -0.132. The molecule has 2 unspecified atom stereocenters. The van der Waals surface area contributed by atoms with E-state index in [9.17, 15) is 18.8 Å². The zero-order valence-corrected chi connectivity index (χ0v) is 14.5. The van der Waals surface area contributed by atoms with Crippen molar-refractivity contribution in [3.05, 3.63) is 23.8 Å². The maximum Gasteiger partial charge on any atom is 0.387 e. The molecule has 2 aliphatic carbocycles. The predicted molar refractivity (Wildman–Crippen MR) is 88.2 cm³/mol. The van der Waals surface area contributed by atoms with Crippen LogP contribution in [0.4, 0.5) is 8.78 Å². The largest absolute Gasteiger partial charge is 0.489 e. The minimum atomic E-state index is -2.96. The Hall–Kier alpha value is -2.20. The fourth-order valence-electron chi connectivity index (χ4n) is 3.28. The smallest absolute Gasteiger partial charge is 0.387 e. The average molecular weight is 365 g/mol. The lowest BCUT2D eigenvalue weighted by Gasteiger charge is -2.34. The standard InChI is InChI=1S/C19H21F2NO4/c1-24-17-9-19(11-22,7-6-14(17)23)13-4-5-15(26-18(20)21)16(8-13)25-10-12-2-3-12/h4-5,8,12,17-18H,2-3,6-7,9-10H2,1H3. The van der Waals surface area contributed by atoms with Crippen LogP contribution in [0.15, 0.2) is 18.2 Å². The number of rotatable bonds is 7. The summed E-state index contributed by atoms with van der Waals surface area (Å²) in [6.07, 6.45) is 2.31. The first-order chi connectivity index (χ1) is 12.5. The molecule has 0 saturated heterocycles. The van der Waals surface area contributed by atoms with Gasteiger partial charge in [0.1, 0.15) is 6.10 Å². The molecule has 0 heterocycles. The molecule has 0 bridgehead atoms. The van der Waals surface area contributed by atoms with Crippen molar-refractivity contribution in [2.45, 2.75) is 50.2 Å². The van der Waals surface area contributed by atoms with Crippen LogP contribution in [0.5, 0.6) is 11.5 Å². The summed E-state index contributed by atoms with van der Waals surface area (Å²) in [5.74, 6) is 0.567. The molecule has 2 aliphatic rings. The van der Waals surface area contributed by atoms with E-state index in [2.05, 4.69) is 10.8 Å². The van der Waals surface area contributed by atoms with E-state index in [1.807, 2.05) is 0 Å². The van der Waals surface area contributed by atoms with Crippen LogP contribution in [0.3, 0.4) is 0 Å². The Kier molecular flexibility index (Phi) is 5.42. The lowest BCUT2D eigenvalue weighted by atomic mass is 9.69. The van der Waals surface area contributed by atoms with Crippen molar-refractivity contribution in [3.63, 3.8) is 0 Å². The van der Waals surface area contributed by atoms with Gasteiger partial charge in [-0.25, -0.2) is 0 Å². The number of Topliss-reactive ketones (excluding diaryl/α,β-unsaturated/α-hetero) is 1. The quantitative estimate of drug-likeness (QED) is 0.738. The van der Waals surface area contributed by atoms with Crippen LogP contribution in [0.2, 0.25) is 0 Å². The van der Waals surface area contributed by atoms with Gasteiger partial charge in [-0.2, -0.15) is 14.0 Å². The predicted octanol–water partition coefficient (Wildman–Crippen LogP) is 3.61. The number of carbonyl (C=O) groups is 1. The number of halogens is 2. The SMILES string of the molecule is COC1CC(C#N)(c2ccc(OC(F)F)c(OCC3CC3)c2)CCC1=O. The van der Waals surface area contributed by atoms with Crippen LogP contribution in [0.25, 0.3) is 0 Å². The van der Waals surface area contributed by atoms with E-state index in [0.717, 1.165) is 12.8 Å². The summed E-state index contributed by atoms with van der Waals surface area (Å²) in [7, 11) is 1.44. The molecular weight excluding hydrogens is 344 g/mol. The van der Waals surface area contributed by atoms with Gasteiger partial charge in [-0.15, -0.1) is 0 Å². The Balaban J connectivity index is 1.90. The third-order valence-corrected chi connectivity index (χ3v) is 5.07. The fourth-order valence-corrected chi connectivity index (χ4v) is 3.28. The Bertz CT molecular complexity index is 714. The van der Waals surface area contributed by atoms with Crippen molar-refractivity contribution in [1.29, 1.82) is 5.26 Å². The second-order valence-electron chi connectivity index (χ2n) is 6.88. The van der Waals surface area contributed by atoms with E-state index < -0.39 is 18.1 Å². The minimum absolute atomic E-state index is 0.0266. The molecule has 1 aromatic rings. The minimum Gasteiger partial charge on any atom is -0.489 e. The van der Waals surface area contributed by atoms with Crippen LogP contribution in [-0.2, 0) is 14.9 Å². The number of ether oxygens (including phenoxy) is 3. The van der Waals surface area contributed by atoms with Crippen molar-refractivity contribution in [1.82, 2.24) is 0 Å². The van der Waals surface area contributed by atoms with Crippen LogP contribution >= 0.6 is 0 Å². The van der Waals surface area contributed by atoms with Gasteiger partial charge in [0.2, 0.25) is 0 Å². The molecule has 2 atom stereocenters. The van der Waals surface area contributed by atoms with Gasteiger partial charge in [0, 0.05) is 20.0 Å². The molecule has 2 fully saturated rings. The Labute approximate surface area is 150 Å². The molecule has 0 amide bonds. The zero-order chi connectivity index (χ0) is 18.7. The second-order valence-corrected chi connectivity index (χ2v) is 6.88. The maximum atomic E-state index is 12.7. The topological polar surface area (TPSA) is 68.6 Å². The molecule has 0 aliphatic heterocycles. The van der Waals surface area contributed by atoms with Gasteiger partial charge in [-0.1, -0.05) is 6.07 Å². The van der Waals surface area contributed by atoms with Gasteiger partial charge in [-0.3, -0.25) is 4.79 Å². The van der Waals surface area contributed by atoms with Gasteiger partial charge in [0.25, 0.3) is 0 Å². The summed E-state index contributed by atoms with van der Waals surface area (Å²) >= 11 is 0. The van der Waals surface area contributed by atoms with E-state index in [1.165, 1.54) is 13.2 Å². The fraction of sp³-hybridized carbons (Fsp3) is 0.579. The molecule has 0 N–H and O–H groups in total. The highest BCUT2D eigenvalue weighted by Gasteiger charge is 2.42.